The molecule has 0 aliphatic carbocycles. The molecular weight excluding hydrogens is 456 g/mol. The molecule has 1 N–H and O–H groups in total. The van der Waals surface area contributed by atoms with E-state index >= 15 is 0 Å². The second-order valence-corrected chi connectivity index (χ2v) is 9.46. The molecule has 0 radical (unpaired) electrons. The first-order valence-electron chi connectivity index (χ1n) is 11.3. The Morgan fingerprint density at radius 1 is 1.13 bits per heavy atom. The Labute approximate surface area is 191 Å². The van der Waals surface area contributed by atoms with Crippen LogP contribution in [0.1, 0.15) is 45.4 Å². The maximum absolute atomic E-state index is 13.0. The second kappa shape index (κ2) is 10.0. The molecule has 2 aromatic heterocycles. The summed E-state index contributed by atoms with van der Waals surface area (Å²) in [4.78, 5) is 27.8. The highest BCUT2D eigenvalue weighted by Crippen LogP contribution is 2.21. The summed E-state index contributed by atoms with van der Waals surface area (Å²) in [6, 6.07) is 10.4. The van der Waals surface area contributed by atoms with Crippen molar-refractivity contribution in [2.75, 3.05) is 19.6 Å². The molecule has 1 saturated heterocycles. The fourth-order valence-electron chi connectivity index (χ4n) is 4.64. The van der Waals surface area contributed by atoms with Crippen molar-refractivity contribution in [2.45, 2.75) is 58.0 Å². The van der Waals surface area contributed by atoms with E-state index in [1.807, 2.05) is 40.9 Å². The molecule has 0 saturated carbocycles. The molecule has 1 fully saturated rings. The van der Waals surface area contributed by atoms with Gasteiger partial charge < -0.3 is 19.2 Å². The largest absolute Gasteiger partial charge is 0.356 e. The third-order valence-corrected chi connectivity index (χ3v) is 6.86. The van der Waals surface area contributed by atoms with Gasteiger partial charge in [-0.05, 0) is 69.5 Å². The third-order valence-electron chi connectivity index (χ3n) is 6.37. The van der Waals surface area contributed by atoms with Crippen molar-refractivity contribution in [3.05, 3.63) is 51.4 Å². The molecule has 7 heteroatoms. The first-order valence-corrected chi connectivity index (χ1v) is 12.1. The summed E-state index contributed by atoms with van der Waals surface area (Å²) in [6.07, 6.45) is 7.86. The van der Waals surface area contributed by atoms with Crippen LogP contribution in [0.2, 0.25) is 0 Å². The van der Waals surface area contributed by atoms with E-state index < -0.39 is 0 Å². The molecule has 31 heavy (non-hydrogen) atoms. The van der Waals surface area contributed by atoms with Crippen LogP contribution in [0.5, 0.6) is 0 Å². The molecule has 1 aliphatic rings. The molecule has 4 rings (SSSR count). The molecule has 1 atom stereocenters. The van der Waals surface area contributed by atoms with Gasteiger partial charge in [0, 0.05) is 42.8 Å². The summed E-state index contributed by atoms with van der Waals surface area (Å²) in [7, 11) is 0. The van der Waals surface area contributed by atoms with E-state index in [1.54, 1.807) is 4.57 Å². The number of hydrogen-bond acceptors (Lipinski definition) is 3. The maximum Gasteiger partial charge on any atom is 0.275 e. The van der Waals surface area contributed by atoms with Crippen molar-refractivity contribution < 1.29 is 4.79 Å². The minimum absolute atomic E-state index is 0.0216. The van der Waals surface area contributed by atoms with E-state index in [0.717, 1.165) is 28.5 Å². The summed E-state index contributed by atoms with van der Waals surface area (Å²) >= 11 is 3.51. The zero-order valence-electron chi connectivity index (χ0n) is 18.1. The molecule has 0 spiro atoms. The number of nitrogens with one attached hydrogen (secondary N) is 1. The fourth-order valence-corrected chi connectivity index (χ4v) is 4.99. The van der Waals surface area contributed by atoms with Gasteiger partial charge in [0.2, 0.25) is 5.91 Å². The quantitative estimate of drug-likeness (QED) is 0.485. The minimum Gasteiger partial charge on any atom is -0.356 e. The number of piperidine rings is 1. The number of carbonyl (C=O) groups is 1. The van der Waals surface area contributed by atoms with Crippen molar-refractivity contribution in [1.29, 1.82) is 0 Å². The van der Waals surface area contributed by atoms with Gasteiger partial charge in [-0.1, -0.05) is 22.4 Å². The fraction of sp³-hybridized carbons (Fsp3) is 0.500. The van der Waals surface area contributed by atoms with E-state index in [-0.39, 0.29) is 11.5 Å². The molecule has 1 amide bonds. The van der Waals surface area contributed by atoms with Crippen LogP contribution < -0.4 is 10.9 Å². The van der Waals surface area contributed by atoms with Crippen LogP contribution in [0.4, 0.5) is 0 Å². The smallest absolute Gasteiger partial charge is 0.275 e. The van der Waals surface area contributed by atoms with E-state index in [9.17, 15) is 9.59 Å². The number of benzene rings is 1. The number of nitrogens with zero attached hydrogens (tertiary/aromatic N) is 3. The molecule has 3 heterocycles. The lowest BCUT2D eigenvalue weighted by Gasteiger charge is -2.33. The monoisotopic (exact) mass is 486 g/mol. The van der Waals surface area contributed by atoms with Crippen molar-refractivity contribution in [3.8, 4) is 0 Å². The van der Waals surface area contributed by atoms with E-state index in [4.69, 9.17) is 0 Å². The highest BCUT2D eigenvalue weighted by Gasteiger charge is 2.17. The number of amides is 1. The van der Waals surface area contributed by atoms with Gasteiger partial charge in [-0.3, -0.25) is 9.59 Å². The Morgan fingerprint density at radius 3 is 2.84 bits per heavy atom. The highest BCUT2D eigenvalue weighted by atomic mass is 79.9. The Balaban J connectivity index is 1.32. The van der Waals surface area contributed by atoms with E-state index in [1.165, 1.54) is 25.8 Å². The average molecular weight is 487 g/mol. The summed E-state index contributed by atoms with van der Waals surface area (Å²) in [6.45, 7) is 5.77. The zero-order valence-corrected chi connectivity index (χ0v) is 19.7. The number of carbonyl (C=O) groups excluding carboxylic acids is 1. The molecule has 1 aliphatic heterocycles. The molecule has 166 valence electrons. The molecule has 1 aromatic carbocycles. The van der Waals surface area contributed by atoms with Crippen molar-refractivity contribution >= 4 is 38.4 Å². The first kappa shape index (κ1) is 22.1. The summed E-state index contributed by atoms with van der Waals surface area (Å²) in [5, 5.41) is 3.05. The Morgan fingerprint density at radius 2 is 2.00 bits per heavy atom. The Bertz CT molecular complexity index is 1120. The molecule has 0 unspecified atom stereocenters. The number of hydrogen-bond donors (Lipinski definition) is 1. The van der Waals surface area contributed by atoms with Gasteiger partial charge >= 0.3 is 0 Å². The highest BCUT2D eigenvalue weighted by molar-refractivity contribution is 9.10. The topological polar surface area (TPSA) is 58.8 Å². The zero-order chi connectivity index (χ0) is 21.8. The number of aromatic nitrogens is 2. The Kier molecular flexibility index (Phi) is 7.13. The average Bonchev–Trinajstić information content (AvgIpc) is 3.25. The van der Waals surface area contributed by atoms with Crippen molar-refractivity contribution in [3.63, 3.8) is 0 Å². The van der Waals surface area contributed by atoms with Crippen LogP contribution in [-0.2, 0) is 11.3 Å². The standard InChI is InChI=1S/C24H31BrN4O2/c1-18-7-2-3-13-27(18)14-6-12-26-23(30)9-5-16-29-22-17-19(25)10-11-20(22)28-15-4-8-21(28)24(29)31/h4,8,10-11,15,17-18H,2-3,5-7,9,12-14,16H2,1H3,(H,26,30)/t18-/m1/s1. The van der Waals surface area contributed by atoms with E-state index in [2.05, 4.69) is 33.1 Å². The van der Waals surface area contributed by atoms with Crippen LogP contribution in [0.3, 0.4) is 0 Å². The molecule has 0 bridgehead atoms. The van der Waals surface area contributed by atoms with Crippen LogP contribution in [0.15, 0.2) is 45.8 Å². The van der Waals surface area contributed by atoms with Crippen LogP contribution in [-0.4, -0.2) is 45.5 Å². The molecule has 6 nitrogen and oxygen atoms in total. The third kappa shape index (κ3) is 5.04. The Hall–Kier alpha value is -2.12. The van der Waals surface area contributed by atoms with Gasteiger partial charge in [0.25, 0.3) is 5.56 Å². The predicted molar refractivity (Wildman–Crippen MR) is 129 cm³/mol. The van der Waals surface area contributed by atoms with Crippen LogP contribution in [0.25, 0.3) is 16.6 Å². The summed E-state index contributed by atoms with van der Waals surface area (Å²) < 4.78 is 4.65. The van der Waals surface area contributed by atoms with Crippen LogP contribution in [0, 0.1) is 0 Å². The summed E-state index contributed by atoms with van der Waals surface area (Å²) in [5.74, 6) is 0.0639. The lowest BCUT2D eigenvalue weighted by atomic mass is 10.0. The number of likely N-dealkylation sites (tertiary alicyclic amines) is 1. The van der Waals surface area contributed by atoms with Gasteiger partial charge in [-0.15, -0.1) is 0 Å². The SMILES string of the molecule is C[C@@H]1CCCCN1CCCNC(=O)CCCn1c(=O)c2cccn2c2ccc(Br)cc21. The predicted octanol–water partition coefficient (Wildman–Crippen LogP) is 4.18. The minimum atomic E-state index is -0.0216. The summed E-state index contributed by atoms with van der Waals surface area (Å²) in [5.41, 5.74) is 2.50. The van der Waals surface area contributed by atoms with Gasteiger partial charge in [0.05, 0.1) is 11.0 Å². The maximum atomic E-state index is 13.0. The lowest BCUT2D eigenvalue weighted by molar-refractivity contribution is -0.121. The normalized spacial score (nSPS) is 17.4. The van der Waals surface area contributed by atoms with Gasteiger partial charge in [0.15, 0.2) is 0 Å². The van der Waals surface area contributed by atoms with Crippen LogP contribution >= 0.6 is 15.9 Å². The number of aryl methyl sites for hydroxylation is 1. The van der Waals surface area contributed by atoms with Gasteiger partial charge in [-0.2, -0.15) is 0 Å². The lowest BCUT2D eigenvalue weighted by Crippen LogP contribution is -2.39. The van der Waals surface area contributed by atoms with E-state index in [0.29, 0.717) is 37.5 Å². The van der Waals surface area contributed by atoms with Crippen molar-refractivity contribution in [1.82, 2.24) is 19.2 Å². The molecule has 3 aromatic rings. The number of rotatable bonds is 8. The number of halogens is 1. The van der Waals surface area contributed by atoms with Gasteiger partial charge in [0.1, 0.15) is 5.52 Å². The number of fused-ring (bicyclic) bond motifs is 3. The second-order valence-electron chi connectivity index (χ2n) is 8.54. The first-order chi connectivity index (χ1) is 15.0. The van der Waals surface area contributed by atoms with Crippen molar-refractivity contribution in [2.24, 2.45) is 0 Å². The molecular formula is C24H31BrN4O2. The van der Waals surface area contributed by atoms with Gasteiger partial charge in [-0.25, -0.2) is 0 Å².